The monoisotopic (exact) mass is 184 g/mol. The summed E-state index contributed by atoms with van der Waals surface area (Å²) in [6.45, 7) is 14.2. The molecule has 0 heterocycles. The van der Waals surface area contributed by atoms with Gasteiger partial charge in [0.15, 0.2) is 0 Å². The first kappa shape index (κ1) is 14.9. The van der Waals surface area contributed by atoms with E-state index < -0.39 is 0 Å². The summed E-state index contributed by atoms with van der Waals surface area (Å²) >= 11 is 0. The standard InChI is InChI=1S/C9H18N2.C2H6/c1-8(2,3)11(6)9(4,5)7-10;1-2/h1-6H3;1-2H3. The van der Waals surface area contributed by atoms with Crippen molar-refractivity contribution in [3.05, 3.63) is 0 Å². The highest BCUT2D eigenvalue weighted by atomic mass is 15.2. The molecule has 0 N–H and O–H groups in total. The molecule has 0 spiro atoms. The predicted octanol–water partition coefficient (Wildman–Crippen LogP) is 3.05. The highest BCUT2D eigenvalue weighted by molar-refractivity contribution is 5.03. The smallest absolute Gasteiger partial charge is 0.103 e. The van der Waals surface area contributed by atoms with Gasteiger partial charge in [0.05, 0.1) is 6.07 Å². The molecule has 0 bridgehead atoms. The minimum absolute atomic E-state index is 0.0548. The molecule has 0 aromatic carbocycles. The van der Waals surface area contributed by atoms with Crippen molar-refractivity contribution in [3.8, 4) is 6.07 Å². The van der Waals surface area contributed by atoms with Crippen LogP contribution in [0.5, 0.6) is 0 Å². The third kappa shape index (κ3) is 4.90. The Morgan fingerprint density at radius 3 is 1.38 bits per heavy atom. The summed E-state index contributed by atoms with van der Waals surface area (Å²) in [5, 5.41) is 8.84. The molecule has 0 aliphatic heterocycles. The zero-order chi connectivity index (χ0) is 11.3. The Kier molecular flexibility index (Phi) is 6.02. The molecule has 0 saturated carbocycles. The molecule has 0 atom stereocenters. The Balaban J connectivity index is 0. The van der Waals surface area contributed by atoms with Crippen LogP contribution >= 0.6 is 0 Å². The van der Waals surface area contributed by atoms with Crippen LogP contribution in [-0.4, -0.2) is 23.0 Å². The van der Waals surface area contributed by atoms with Crippen LogP contribution < -0.4 is 0 Å². The van der Waals surface area contributed by atoms with E-state index in [0.717, 1.165) is 0 Å². The summed E-state index contributed by atoms with van der Waals surface area (Å²) < 4.78 is 0. The molecule has 0 amide bonds. The van der Waals surface area contributed by atoms with Gasteiger partial charge in [0.25, 0.3) is 0 Å². The van der Waals surface area contributed by atoms with Gasteiger partial charge in [-0.2, -0.15) is 5.26 Å². The third-order valence-corrected chi connectivity index (χ3v) is 2.12. The highest BCUT2D eigenvalue weighted by Crippen LogP contribution is 2.21. The Morgan fingerprint density at radius 2 is 1.31 bits per heavy atom. The molecule has 0 saturated heterocycles. The van der Waals surface area contributed by atoms with E-state index in [2.05, 4.69) is 31.7 Å². The van der Waals surface area contributed by atoms with Crippen molar-refractivity contribution < 1.29 is 0 Å². The average Bonchev–Trinajstić information content (AvgIpc) is 2.05. The van der Waals surface area contributed by atoms with Crippen molar-refractivity contribution >= 4 is 0 Å². The maximum absolute atomic E-state index is 8.84. The van der Waals surface area contributed by atoms with Gasteiger partial charge in [0.2, 0.25) is 0 Å². The first-order valence-corrected chi connectivity index (χ1v) is 4.87. The van der Waals surface area contributed by atoms with E-state index in [4.69, 9.17) is 5.26 Å². The van der Waals surface area contributed by atoms with Crippen molar-refractivity contribution in [2.75, 3.05) is 7.05 Å². The van der Waals surface area contributed by atoms with Crippen LogP contribution in [0.4, 0.5) is 0 Å². The molecule has 13 heavy (non-hydrogen) atoms. The van der Waals surface area contributed by atoms with E-state index in [1.807, 2.05) is 34.7 Å². The Hall–Kier alpha value is -0.550. The van der Waals surface area contributed by atoms with Gasteiger partial charge in [-0.05, 0) is 41.7 Å². The molecule has 0 radical (unpaired) electrons. The van der Waals surface area contributed by atoms with Gasteiger partial charge >= 0.3 is 0 Å². The topological polar surface area (TPSA) is 27.0 Å². The Bertz CT molecular complexity index is 170. The normalized spacial score (nSPS) is 11.7. The molecule has 78 valence electrons. The number of nitriles is 1. The van der Waals surface area contributed by atoms with Crippen molar-refractivity contribution in [1.82, 2.24) is 4.90 Å². The second-order valence-corrected chi connectivity index (χ2v) is 4.40. The molecule has 0 aliphatic rings. The second-order valence-electron chi connectivity index (χ2n) is 4.40. The highest BCUT2D eigenvalue weighted by Gasteiger charge is 2.31. The van der Waals surface area contributed by atoms with Gasteiger partial charge in [-0.1, -0.05) is 13.8 Å². The first-order chi connectivity index (χ1) is 5.72. The fourth-order valence-corrected chi connectivity index (χ4v) is 0.914. The lowest BCUT2D eigenvalue weighted by molar-refractivity contribution is 0.0939. The van der Waals surface area contributed by atoms with Gasteiger partial charge < -0.3 is 0 Å². The van der Waals surface area contributed by atoms with E-state index >= 15 is 0 Å². The molecule has 2 heteroatoms. The summed E-state index contributed by atoms with van der Waals surface area (Å²) in [5.41, 5.74) is -0.322. The lowest BCUT2D eigenvalue weighted by Gasteiger charge is -2.40. The lowest BCUT2D eigenvalue weighted by Crippen LogP contribution is -2.50. The maximum Gasteiger partial charge on any atom is 0.103 e. The van der Waals surface area contributed by atoms with Gasteiger partial charge in [-0.25, -0.2) is 0 Å². The quantitative estimate of drug-likeness (QED) is 0.626. The van der Waals surface area contributed by atoms with E-state index in [1.165, 1.54) is 0 Å². The van der Waals surface area contributed by atoms with Crippen LogP contribution in [0.3, 0.4) is 0 Å². The van der Waals surface area contributed by atoms with E-state index in [9.17, 15) is 0 Å². The predicted molar refractivity (Wildman–Crippen MR) is 58.6 cm³/mol. The van der Waals surface area contributed by atoms with E-state index in [1.54, 1.807) is 0 Å². The van der Waals surface area contributed by atoms with Crippen molar-refractivity contribution in [1.29, 1.82) is 5.26 Å². The van der Waals surface area contributed by atoms with Crippen LogP contribution in [0.1, 0.15) is 48.5 Å². The summed E-state index contributed by atoms with van der Waals surface area (Å²) in [6.07, 6.45) is 0. The molecule has 0 aromatic heterocycles. The minimum Gasteiger partial charge on any atom is -0.284 e. The van der Waals surface area contributed by atoms with Crippen molar-refractivity contribution in [3.63, 3.8) is 0 Å². The number of rotatable bonds is 1. The number of hydrogen-bond donors (Lipinski definition) is 0. The van der Waals surface area contributed by atoms with E-state index in [0.29, 0.717) is 0 Å². The Morgan fingerprint density at radius 1 is 1.00 bits per heavy atom. The summed E-state index contributed by atoms with van der Waals surface area (Å²) in [4.78, 5) is 2.07. The fraction of sp³-hybridized carbons (Fsp3) is 0.909. The molecule has 0 fully saturated rings. The molecule has 0 rings (SSSR count). The molecular weight excluding hydrogens is 160 g/mol. The lowest BCUT2D eigenvalue weighted by atomic mass is 9.97. The third-order valence-electron chi connectivity index (χ3n) is 2.12. The zero-order valence-corrected chi connectivity index (χ0v) is 10.4. The van der Waals surface area contributed by atoms with E-state index in [-0.39, 0.29) is 11.1 Å². The fourth-order valence-electron chi connectivity index (χ4n) is 0.914. The molecular formula is C11H24N2. The van der Waals surface area contributed by atoms with Gasteiger partial charge in [-0.15, -0.1) is 0 Å². The molecule has 0 aromatic rings. The largest absolute Gasteiger partial charge is 0.284 e. The molecule has 0 aliphatic carbocycles. The van der Waals surface area contributed by atoms with Gasteiger partial charge in [-0.3, -0.25) is 4.90 Å². The van der Waals surface area contributed by atoms with Crippen LogP contribution in [-0.2, 0) is 0 Å². The van der Waals surface area contributed by atoms with Crippen molar-refractivity contribution in [2.45, 2.75) is 59.5 Å². The van der Waals surface area contributed by atoms with Crippen molar-refractivity contribution in [2.24, 2.45) is 0 Å². The van der Waals surface area contributed by atoms with Crippen LogP contribution in [0.25, 0.3) is 0 Å². The first-order valence-electron chi connectivity index (χ1n) is 4.87. The zero-order valence-electron chi connectivity index (χ0n) is 10.4. The summed E-state index contributed by atoms with van der Waals surface area (Å²) in [7, 11) is 1.98. The summed E-state index contributed by atoms with van der Waals surface area (Å²) in [6, 6.07) is 2.27. The van der Waals surface area contributed by atoms with Crippen LogP contribution in [0, 0.1) is 11.3 Å². The van der Waals surface area contributed by atoms with Crippen LogP contribution in [0.2, 0.25) is 0 Å². The Labute approximate surface area is 83.5 Å². The maximum atomic E-state index is 8.84. The summed E-state index contributed by atoms with van der Waals surface area (Å²) in [5.74, 6) is 0. The molecule has 2 nitrogen and oxygen atoms in total. The molecule has 0 unspecified atom stereocenters. The number of nitrogens with zero attached hydrogens (tertiary/aromatic N) is 2. The second kappa shape index (κ2) is 5.24. The van der Waals surface area contributed by atoms with Crippen LogP contribution in [0.15, 0.2) is 0 Å². The number of hydrogen-bond acceptors (Lipinski definition) is 2. The average molecular weight is 184 g/mol. The van der Waals surface area contributed by atoms with Gasteiger partial charge in [0, 0.05) is 5.54 Å². The van der Waals surface area contributed by atoms with Gasteiger partial charge in [0.1, 0.15) is 5.54 Å². The SMILES string of the molecule is CC.CN(C(C)(C)C)C(C)(C)C#N. The minimum atomic E-state index is -0.377.